The molecule has 0 saturated heterocycles. The van der Waals surface area contributed by atoms with Crippen LogP contribution in [0.1, 0.15) is 32.2 Å². The Labute approximate surface area is 199 Å². The number of carbonyl (C=O) groups is 1. The van der Waals surface area contributed by atoms with Crippen LogP contribution in [0.2, 0.25) is 5.02 Å². The molecule has 1 amide bonds. The van der Waals surface area contributed by atoms with Gasteiger partial charge in [0.1, 0.15) is 11.4 Å². The lowest BCUT2D eigenvalue weighted by atomic mass is 10.2. The van der Waals surface area contributed by atoms with E-state index in [2.05, 4.69) is 10.3 Å². The van der Waals surface area contributed by atoms with E-state index in [1.54, 1.807) is 51.1 Å². The average molecular weight is 494 g/mol. The second-order valence-electron chi connectivity index (χ2n) is 8.58. The number of nitrogens with zero attached hydrogens (tertiary/aromatic N) is 2. The van der Waals surface area contributed by atoms with E-state index in [1.165, 1.54) is 12.1 Å². The van der Waals surface area contributed by atoms with Crippen LogP contribution in [0.25, 0.3) is 11.0 Å². The Bertz CT molecular complexity index is 1230. The van der Waals surface area contributed by atoms with Gasteiger partial charge in [0.05, 0.1) is 22.5 Å². The molecule has 8 nitrogen and oxygen atoms in total. The van der Waals surface area contributed by atoms with E-state index in [4.69, 9.17) is 20.5 Å². The summed E-state index contributed by atoms with van der Waals surface area (Å²) in [6.07, 6.45) is -0.100. The molecule has 2 aromatic carbocycles. The summed E-state index contributed by atoms with van der Waals surface area (Å²) >= 11 is 6.16. The molecule has 3 aromatic rings. The third kappa shape index (κ3) is 6.93. The molecule has 0 atom stereocenters. The Morgan fingerprint density at radius 3 is 2.52 bits per heavy atom. The molecule has 1 N–H and O–H groups in total. The lowest BCUT2D eigenvalue weighted by Gasteiger charge is -2.19. The number of alkyl carbamates (subject to hydrolysis) is 1. The molecule has 0 saturated carbocycles. The van der Waals surface area contributed by atoms with Crippen LogP contribution in [-0.4, -0.2) is 42.8 Å². The zero-order chi connectivity index (χ0) is 24.2. The second kappa shape index (κ2) is 10.1. The molecule has 178 valence electrons. The molecule has 0 unspecified atom stereocenters. The van der Waals surface area contributed by atoms with Crippen molar-refractivity contribution in [3.8, 4) is 0 Å². The smallest absolute Gasteiger partial charge is 0.407 e. The van der Waals surface area contributed by atoms with Gasteiger partial charge in [0.15, 0.2) is 0 Å². The Morgan fingerprint density at radius 2 is 1.85 bits per heavy atom. The number of aromatic nitrogens is 2. The number of aryl methyl sites for hydroxylation is 1. The van der Waals surface area contributed by atoms with Gasteiger partial charge in [-0.25, -0.2) is 9.78 Å². The third-order valence-electron chi connectivity index (χ3n) is 4.67. The van der Waals surface area contributed by atoms with Gasteiger partial charge < -0.3 is 14.6 Å². The largest absolute Gasteiger partial charge is 0.444 e. The standard InChI is InChI=1S/C23H28ClN3O5S/c1-16-5-8-18(9-6-16)33(29,30)31-14-13-27-20-15-17(24)7-10-19(20)26-21(27)11-12-25-22(28)32-23(2,3)4/h5-10,15H,11-14H2,1-4H3,(H,25,28). The topological polar surface area (TPSA) is 99.5 Å². The predicted molar refractivity (Wildman–Crippen MR) is 127 cm³/mol. The molecule has 10 heteroatoms. The first-order valence-electron chi connectivity index (χ1n) is 10.5. The van der Waals surface area contributed by atoms with E-state index in [0.717, 1.165) is 11.1 Å². The molecule has 0 fully saturated rings. The molecule has 33 heavy (non-hydrogen) atoms. The number of benzene rings is 2. The van der Waals surface area contributed by atoms with Crippen LogP contribution in [0.4, 0.5) is 4.79 Å². The first-order valence-corrected chi connectivity index (χ1v) is 12.3. The second-order valence-corrected chi connectivity index (χ2v) is 10.6. The minimum absolute atomic E-state index is 0.0827. The molecule has 0 bridgehead atoms. The molecule has 1 aromatic heterocycles. The summed E-state index contributed by atoms with van der Waals surface area (Å²) in [5.74, 6) is 0.666. The minimum Gasteiger partial charge on any atom is -0.444 e. The van der Waals surface area contributed by atoms with Crippen LogP contribution < -0.4 is 5.32 Å². The van der Waals surface area contributed by atoms with Gasteiger partial charge >= 0.3 is 6.09 Å². The number of halogens is 1. The highest BCUT2D eigenvalue weighted by atomic mass is 35.5. The maximum Gasteiger partial charge on any atom is 0.407 e. The quantitative estimate of drug-likeness (QED) is 0.465. The number of nitrogens with one attached hydrogen (secondary N) is 1. The maximum atomic E-state index is 12.5. The summed E-state index contributed by atoms with van der Waals surface area (Å²) in [5.41, 5.74) is 1.84. The number of ether oxygens (including phenoxy) is 1. The molecular formula is C23H28ClN3O5S. The van der Waals surface area contributed by atoms with Crippen LogP contribution in [0.15, 0.2) is 47.4 Å². The molecule has 0 aliphatic heterocycles. The van der Waals surface area contributed by atoms with E-state index in [-0.39, 0.29) is 18.0 Å². The Balaban J connectivity index is 1.72. The Morgan fingerprint density at radius 1 is 1.15 bits per heavy atom. The first kappa shape index (κ1) is 25.0. The number of imidazole rings is 1. The summed E-state index contributed by atoms with van der Waals surface area (Å²) in [6.45, 7) is 7.71. The highest BCUT2D eigenvalue weighted by Crippen LogP contribution is 2.22. The van der Waals surface area contributed by atoms with Crippen LogP contribution in [0, 0.1) is 6.92 Å². The van der Waals surface area contributed by atoms with Crippen molar-refractivity contribution in [1.29, 1.82) is 0 Å². The zero-order valence-corrected chi connectivity index (χ0v) is 20.7. The molecule has 0 radical (unpaired) electrons. The first-order chi connectivity index (χ1) is 15.4. The van der Waals surface area contributed by atoms with Gasteiger partial charge in [0, 0.05) is 24.5 Å². The predicted octanol–water partition coefficient (Wildman–Crippen LogP) is 4.47. The van der Waals surface area contributed by atoms with Gasteiger partial charge in [-0.1, -0.05) is 29.3 Å². The van der Waals surface area contributed by atoms with Gasteiger partial charge in [-0.3, -0.25) is 4.18 Å². The molecular weight excluding hydrogens is 466 g/mol. The fraction of sp³-hybridized carbons (Fsp3) is 0.391. The Hall–Kier alpha value is -2.62. The number of hydrogen-bond acceptors (Lipinski definition) is 6. The van der Waals surface area contributed by atoms with Crippen LogP contribution in [-0.2, 0) is 32.0 Å². The van der Waals surface area contributed by atoms with Crippen LogP contribution in [0.3, 0.4) is 0 Å². The van der Waals surface area contributed by atoms with Crippen molar-refractivity contribution in [2.24, 2.45) is 0 Å². The summed E-state index contributed by atoms with van der Waals surface area (Å²) in [4.78, 5) is 16.6. The van der Waals surface area contributed by atoms with E-state index in [1.807, 2.05) is 11.5 Å². The van der Waals surface area contributed by atoms with Crippen molar-refractivity contribution < 1.29 is 22.1 Å². The zero-order valence-electron chi connectivity index (χ0n) is 19.1. The summed E-state index contributed by atoms with van der Waals surface area (Å²) in [7, 11) is -3.88. The van der Waals surface area contributed by atoms with Crippen LogP contribution in [0.5, 0.6) is 0 Å². The summed E-state index contributed by atoms with van der Waals surface area (Å²) in [6, 6.07) is 11.8. The van der Waals surface area contributed by atoms with Crippen molar-refractivity contribution in [2.45, 2.75) is 51.2 Å². The SMILES string of the molecule is Cc1ccc(S(=O)(=O)OCCn2c(CCNC(=O)OC(C)(C)C)nc3ccc(Cl)cc32)cc1. The lowest BCUT2D eigenvalue weighted by molar-refractivity contribution is 0.0528. The van der Waals surface area contributed by atoms with Gasteiger partial charge in [0.25, 0.3) is 10.1 Å². The van der Waals surface area contributed by atoms with Gasteiger partial charge in [-0.05, 0) is 58.0 Å². The molecule has 1 heterocycles. The van der Waals surface area contributed by atoms with Crippen molar-refractivity contribution in [3.05, 3.63) is 58.9 Å². The van der Waals surface area contributed by atoms with Crippen molar-refractivity contribution >= 4 is 38.8 Å². The summed E-state index contributed by atoms with van der Waals surface area (Å²) < 4.78 is 37.4. The van der Waals surface area contributed by atoms with Gasteiger partial charge in [0.2, 0.25) is 0 Å². The molecule has 0 aliphatic carbocycles. The number of amides is 1. The van der Waals surface area contributed by atoms with Crippen LogP contribution >= 0.6 is 11.6 Å². The highest BCUT2D eigenvalue weighted by Gasteiger charge is 2.18. The van der Waals surface area contributed by atoms with E-state index in [0.29, 0.717) is 29.3 Å². The Kier molecular flexibility index (Phi) is 7.66. The fourth-order valence-electron chi connectivity index (χ4n) is 3.19. The molecule has 0 aliphatic rings. The van der Waals surface area contributed by atoms with Crippen molar-refractivity contribution in [2.75, 3.05) is 13.2 Å². The number of carbonyl (C=O) groups excluding carboxylic acids is 1. The number of hydrogen-bond donors (Lipinski definition) is 1. The van der Waals surface area contributed by atoms with Gasteiger partial charge in [-0.2, -0.15) is 8.42 Å². The lowest BCUT2D eigenvalue weighted by Crippen LogP contribution is -2.33. The summed E-state index contributed by atoms with van der Waals surface area (Å²) in [5, 5.41) is 3.25. The maximum absolute atomic E-state index is 12.5. The van der Waals surface area contributed by atoms with E-state index in [9.17, 15) is 13.2 Å². The molecule has 3 rings (SSSR count). The van der Waals surface area contributed by atoms with E-state index >= 15 is 0 Å². The van der Waals surface area contributed by atoms with Gasteiger partial charge in [-0.15, -0.1) is 0 Å². The normalized spacial score (nSPS) is 12.2. The number of rotatable bonds is 8. The highest BCUT2D eigenvalue weighted by molar-refractivity contribution is 7.86. The molecule has 0 spiro atoms. The number of fused-ring (bicyclic) bond motifs is 1. The van der Waals surface area contributed by atoms with Crippen molar-refractivity contribution in [1.82, 2.24) is 14.9 Å². The van der Waals surface area contributed by atoms with E-state index < -0.39 is 21.8 Å². The third-order valence-corrected chi connectivity index (χ3v) is 6.23. The fourth-order valence-corrected chi connectivity index (χ4v) is 4.25. The van der Waals surface area contributed by atoms with Crippen molar-refractivity contribution in [3.63, 3.8) is 0 Å². The average Bonchev–Trinajstić information content (AvgIpc) is 3.03. The monoisotopic (exact) mass is 493 g/mol. The minimum atomic E-state index is -3.88.